The molecule has 1 aliphatic rings. The van der Waals surface area contributed by atoms with E-state index in [-0.39, 0.29) is 16.6 Å². The Morgan fingerprint density at radius 3 is 2.65 bits per heavy atom. The summed E-state index contributed by atoms with van der Waals surface area (Å²) in [7, 11) is 0. The third-order valence-corrected chi connectivity index (χ3v) is 4.86. The molecule has 0 amide bonds. The summed E-state index contributed by atoms with van der Waals surface area (Å²) in [6.45, 7) is 3.85. The fourth-order valence-corrected chi connectivity index (χ4v) is 3.60. The third-order valence-electron chi connectivity index (χ3n) is 4.86. The summed E-state index contributed by atoms with van der Waals surface area (Å²) in [4.78, 5) is 13.3. The monoisotopic (exact) mass is 344 g/mol. The second-order valence-corrected chi connectivity index (χ2v) is 7.14. The first-order valence-corrected chi connectivity index (χ1v) is 8.47. The molecule has 0 spiro atoms. The zero-order valence-electron chi connectivity index (χ0n) is 14.4. The predicted molar refractivity (Wildman–Crippen MR) is 103 cm³/mol. The maximum Gasteiger partial charge on any atom is 0.204 e. The van der Waals surface area contributed by atoms with Crippen LogP contribution < -0.4 is 10.2 Å². The number of fused-ring (bicyclic) bond motifs is 5. The molecule has 128 valence electrons. The number of benzene rings is 3. The van der Waals surface area contributed by atoms with E-state index in [2.05, 4.69) is 0 Å². The second-order valence-electron chi connectivity index (χ2n) is 7.14. The van der Waals surface area contributed by atoms with Crippen LogP contribution in [0.2, 0.25) is 0 Å². The van der Waals surface area contributed by atoms with Crippen LogP contribution in [0.1, 0.15) is 19.4 Å². The van der Waals surface area contributed by atoms with Crippen LogP contribution in [0.4, 0.5) is 0 Å². The number of aromatic hydroxyl groups is 1. The van der Waals surface area contributed by atoms with Crippen molar-refractivity contribution in [1.29, 1.82) is 0 Å². The molecule has 0 saturated carbocycles. The van der Waals surface area contributed by atoms with E-state index in [0.29, 0.717) is 27.9 Å². The molecule has 3 aromatic carbocycles. The standard InChI is InChI=1S/C22H16O4/c1-22(2)10-9-14-16(26-22)11-17-19(20(14)23)21(24)18-13-6-4-3-5-12(13)7-8-15(18)25-17/h3-11,23H,1-2H3. The lowest BCUT2D eigenvalue weighted by atomic mass is 9.98. The molecule has 0 unspecified atom stereocenters. The van der Waals surface area contributed by atoms with Crippen LogP contribution in [-0.4, -0.2) is 10.7 Å². The maximum atomic E-state index is 13.3. The van der Waals surface area contributed by atoms with E-state index in [4.69, 9.17) is 9.15 Å². The summed E-state index contributed by atoms with van der Waals surface area (Å²) < 4.78 is 11.9. The lowest BCUT2D eigenvalue weighted by molar-refractivity contribution is 0.158. The number of ether oxygens (including phenoxy) is 1. The van der Waals surface area contributed by atoms with E-state index < -0.39 is 5.60 Å². The lowest BCUT2D eigenvalue weighted by Crippen LogP contribution is -2.27. The van der Waals surface area contributed by atoms with Gasteiger partial charge in [0.2, 0.25) is 5.43 Å². The van der Waals surface area contributed by atoms with E-state index in [1.165, 1.54) is 0 Å². The van der Waals surface area contributed by atoms with E-state index >= 15 is 0 Å². The van der Waals surface area contributed by atoms with Crippen LogP contribution in [0.15, 0.2) is 57.8 Å². The van der Waals surface area contributed by atoms with Crippen molar-refractivity contribution in [2.45, 2.75) is 19.4 Å². The first-order chi connectivity index (χ1) is 12.4. The van der Waals surface area contributed by atoms with Gasteiger partial charge in [-0.1, -0.05) is 30.3 Å². The summed E-state index contributed by atoms with van der Waals surface area (Å²) in [5.41, 5.74) is 0.590. The second kappa shape index (κ2) is 4.88. The topological polar surface area (TPSA) is 59.7 Å². The quantitative estimate of drug-likeness (QED) is 0.361. The molecule has 1 aliphatic heterocycles. The Balaban J connectivity index is 1.96. The fourth-order valence-electron chi connectivity index (χ4n) is 3.60. The molecule has 1 N–H and O–H groups in total. The van der Waals surface area contributed by atoms with Crippen LogP contribution in [0.25, 0.3) is 38.8 Å². The van der Waals surface area contributed by atoms with Crippen molar-refractivity contribution in [2.24, 2.45) is 0 Å². The molecule has 0 radical (unpaired) electrons. The highest BCUT2D eigenvalue weighted by Crippen LogP contribution is 2.41. The Labute approximate surface area is 148 Å². The van der Waals surface area contributed by atoms with Gasteiger partial charge in [-0.25, -0.2) is 0 Å². The van der Waals surface area contributed by atoms with Crippen LogP contribution in [0.5, 0.6) is 11.5 Å². The Kier molecular flexibility index (Phi) is 2.82. The van der Waals surface area contributed by atoms with Crippen LogP contribution in [0, 0.1) is 0 Å². The van der Waals surface area contributed by atoms with E-state index in [1.54, 1.807) is 18.2 Å². The zero-order chi connectivity index (χ0) is 18.1. The van der Waals surface area contributed by atoms with Crippen molar-refractivity contribution < 1.29 is 14.3 Å². The Bertz CT molecular complexity index is 1310. The maximum absolute atomic E-state index is 13.3. The molecule has 0 atom stereocenters. The largest absolute Gasteiger partial charge is 0.506 e. The molecular weight excluding hydrogens is 328 g/mol. The minimum Gasteiger partial charge on any atom is -0.506 e. The van der Waals surface area contributed by atoms with Crippen LogP contribution in [-0.2, 0) is 0 Å². The number of hydrogen-bond acceptors (Lipinski definition) is 4. The molecule has 2 heterocycles. The smallest absolute Gasteiger partial charge is 0.204 e. The molecule has 4 heteroatoms. The molecule has 5 rings (SSSR count). The molecule has 0 aliphatic carbocycles. The van der Waals surface area contributed by atoms with Gasteiger partial charge in [-0.15, -0.1) is 0 Å². The van der Waals surface area contributed by atoms with Gasteiger partial charge in [-0.05, 0) is 42.8 Å². The van der Waals surface area contributed by atoms with E-state index in [9.17, 15) is 9.90 Å². The van der Waals surface area contributed by atoms with Gasteiger partial charge in [0.15, 0.2) is 0 Å². The molecule has 4 nitrogen and oxygen atoms in total. The van der Waals surface area contributed by atoms with Gasteiger partial charge < -0.3 is 14.3 Å². The van der Waals surface area contributed by atoms with Crippen molar-refractivity contribution in [3.05, 3.63) is 64.3 Å². The van der Waals surface area contributed by atoms with E-state index in [0.717, 1.165) is 10.8 Å². The highest BCUT2D eigenvalue weighted by molar-refractivity contribution is 6.09. The van der Waals surface area contributed by atoms with Crippen molar-refractivity contribution in [3.8, 4) is 11.5 Å². The Hall–Kier alpha value is -3.27. The number of phenolic OH excluding ortho intramolecular Hbond substituents is 1. The summed E-state index contributed by atoms with van der Waals surface area (Å²) in [6, 6.07) is 13.1. The minimum absolute atomic E-state index is 0.104. The zero-order valence-corrected chi connectivity index (χ0v) is 14.4. The van der Waals surface area contributed by atoms with Crippen LogP contribution >= 0.6 is 0 Å². The Morgan fingerprint density at radius 2 is 1.81 bits per heavy atom. The first kappa shape index (κ1) is 15.0. The van der Waals surface area contributed by atoms with Gasteiger partial charge in [0, 0.05) is 6.07 Å². The minimum atomic E-state index is -0.486. The normalized spacial score (nSPS) is 15.3. The Morgan fingerprint density at radius 1 is 1.00 bits per heavy atom. The SMILES string of the molecule is CC1(C)C=Cc2c(cc3oc4ccc5ccccc5c4c(=O)c3c2O)O1. The molecule has 26 heavy (non-hydrogen) atoms. The number of hydrogen-bond donors (Lipinski definition) is 1. The molecule has 4 aromatic rings. The lowest BCUT2D eigenvalue weighted by Gasteiger charge is -2.28. The molecular formula is C22H16O4. The van der Waals surface area contributed by atoms with Gasteiger partial charge in [-0.2, -0.15) is 0 Å². The van der Waals surface area contributed by atoms with Gasteiger partial charge >= 0.3 is 0 Å². The van der Waals surface area contributed by atoms with Crippen LogP contribution in [0.3, 0.4) is 0 Å². The van der Waals surface area contributed by atoms with Crippen molar-refractivity contribution >= 4 is 38.8 Å². The predicted octanol–water partition coefficient (Wildman–Crippen LogP) is 4.99. The van der Waals surface area contributed by atoms with Crippen molar-refractivity contribution in [2.75, 3.05) is 0 Å². The average Bonchev–Trinajstić information content (AvgIpc) is 2.60. The van der Waals surface area contributed by atoms with Crippen molar-refractivity contribution in [3.63, 3.8) is 0 Å². The van der Waals surface area contributed by atoms with Crippen molar-refractivity contribution in [1.82, 2.24) is 0 Å². The van der Waals surface area contributed by atoms with E-state index in [1.807, 2.05) is 50.3 Å². The average molecular weight is 344 g/mol. The summed E-state index contributed by atoms with van der Waals surface area (Å²) in [5, 5.41) is 13.2. The van der Waals surface area contributed by atoms with Gasteiger partial charge in [-0.3, -0.25) is 4.79 Å². The highest BCUT2D eigenvalue weighted by Gasteiger charge is 2.26. The first-order valence-electron chi connectivity index (χ1n) is 8.47. The van der Waals surface area contributed by atoms with Gasteiger partial charge in [0.05, 0.1) is 10.9 Å². The molecule has 0 fully saturated rings. The summed E-state index contributed by atoms with van der Waals surface area (Å²) >= 11 is 0. The van der Waals surface area contributed by atoms with Gasteiger partial charge in [0.25, 0.3) is 0 Å². The molecule has 1 aromatic heterocycles. The summed E-state index contributed by atoms with van der Waals surface area (Å²) in [6.07, 6.45) is 3.65. The molecule has 0 bridgehead atoms. The third kappa shape index (κ3) is 1.99. The fraction of sp³-hybridized carbons (Fsp3) is 0.136. The summed E-state index contributed by atoms with van der Waals surface area (Å²) in [5.74, 6) is 0.402. The number of rotatable bonds is 0. The molecule has 0 saturated heterocycles. The van der Waals surface area contributed by atoms with Gasteiger partial charge in [0.1, 0.15) is 33.7 Å². The number of phenols is 1. The highest BCUT2D eigenvalue weighted by atomic mass is 16.5.